The Morgan fingerprint density at radius 1 is 0.489 bits per heavy atom. The van der Waals surface area contributed by atoms with Crippen molar-refractivity contribution in [3.8, 4) is 0 Å². The number of furan rings is 1. The smallest absolute Gasteiger partial charge is 0.160 e. The first-order chi connectivity index (χ1) is 23.3. The average Bonchev–Trinajstić information content (AvgIpc) is 3.53. The van der Waals surface area contributed by atoms with E-state index in [1.165, 1.54) is 43.1 Å². The van der Waals surface area contributed by atoms with Gasteiger partial charge in [-0.3, -0.25) is 0 Å². The van der Waals surface area contributed by atoms with Crippen LogP contribution in [0.3, 0.4) is 0 Å². The van der Waals surface area contributed by atoms with Crippen LogP contribution in [0.25, 0.3) is 65.0 Å². The third-order valence-corrected chi connectivity index (χ3v) is 9.49. The molecular formula is C43H27N3O. The standard InChI is InChI=1S/C43H27N3O/c1-3-10-32-26(8-1)16-18-28-20-22-30(24-36(28)32)41-44-42(31-23-21-29-19-17-27-9-2-4-11-33(27)37(29)25-31)46-43(45-41)35-13-7-15-39-40(35)34-12-5-6-14-38(34)47-39/h1-25,41H,(H,44,45,46). The summed E-state index contributed by atoms with van der Waals surface area (Å²) in [4.78, 5) is 10.6. The number of para-hydroxylation sites is 1. The average molecular weight is 602 g/mol. The Bertz CT molecular complexity index is 2790. The lowest BCUT2D eigenvalue weighted by molar-refractivity contribution is 0.668. The van der Waals surface area contributed by atoms with Gasteiger partial charge in [-0.1, -0.05) is 127 Å². The maximum Gasteiger partial charge on any atom is 0.160 e. The summed E-state index contributed by atoms with van der Waals surface area (Å²) in [5, 5.41) is 15.5. The topological polar surface area (TPSA) is 49.9 Å². The van der Waals surface area contributed by atoms with Crippen molar-refractivity contribution < 1.29 is 4.42 Å². The monoisotopic (exact) mass is 601 g/mol. The SMILES string of the molecule is c1ccc2c(c1)ccc1ccc(C3=NC(c4cccc5oc6ccccc6c45)=NC(c4ccc5ccc6ccccc6c5c4)N3)cc12. The summed E-state index contributed by atoms with van der Waals surface area (Å²) in [5.41, 5.74) is 4.73. The van der Waals surface area contributed by atoms with E-state index in [1.54, 1.807) is 0 Å². The molecule has 2 heterocycles. The summed E-state index contributed by atoms with van der Waals surface area (Å²) in [7, 11) is 0. The minimum absolute atomic E-state index is 0.350. The van der Waals surface area contributed by atoms with Gasteiger partial charge in [-0.25, -0.2) is 9.98 Å². The molecule has 8 aromatic carbocycles. The Morgan fingerprint density at radius 2 is 1.09 bits per heavy atom. The van der Waals surface area contributed by atoms with Gasteiger partial charge in [-0.05, 0) is 72.9 Å². The summed E-state index contributed by atoms with van der Waals surface area (Å²) in [6.07, 6.45) is -0.350. The molecule has 47 heavy (non-hydrogen) atoms. The fourth-order valence-corrected chi connectivity index (χ4v) is 7.19. The number of aliphatic imine (C=N–C) groups is 2. The molecule has 0 radical (unpaired) electrons. The van der Waals surface area contributed by atoms with Crippen LogP contribution in [0.4, 0.5) is 0 Å². The van der Waals surface area contributed by atoms with E-state index in [4.69, 9.17) is 14.4 Å². The minimum Gasteiger partial charge on any atom is -0.456 e. The number of rotatable bonds is 3. The van der Waals surface area contributed by atoms with Crippen LogP contribution < -0.4 is 5.32 Å². The van der Waals surface area contributed by atoms with Gasteiger partial charge in [-0.15, -0.1) is 0 Å². The van der Waals surface area contributed by atoms with Crippen LogP contribution >= 0.6 is 0 Å². The molecule has 10 rings (SSSR count). The Labute approximate surface area is 270 Å². The van der Waals surface area contributed by atoms with E-state index in [9.17, 15) is 0 Å². The highest BCUT2D eigenvalue weighted by Crippen LogP contribution is 2.35. The number of hydrogen-bond acceptors (Lipinski definition) is 4. The summed E-state index contributed by atoms with van der Waals surface area (Å²) >= 11 is 0. The molecule has 0 fully saturated rings. The van der Waals surface area contributed by atoms with Crippen molar-refractivity contribution in [3.05, 3.63) is 168 Å². The molecule has 1 atom stereocenters. The Morgan fingerprint density at radius 3 is 1.85 bits per heavy atom. The Kier molecular flexibility index (Phi) is 5.60. The predicted octanol–water partition coefficient (Wildman–Crippen LogP) is 10.7. The highest BCUT2D eigenvalue weighted by molar-refractivity contribution is 6.22. The van der Waals surface area contributed by atoms with Gasteiger partial charge in [0.15, 0.2) is 5.84 Å². The quantitative estimate of drug-likeness (QED) is 0.205. The molecule has 0 amide bonds. The molecule has 220 valence electrons. The first kappa shape index (κ1) is 26.0. The van der Waals surface area contributed by atoms with Crippen molar-refractivity contribution in [1.82, 2.24) is 5.32 Å². The second-order valence-corrected chi connectivity index (χ2v) is 12.2. The van der Waals surface area contributed by atoms with E-state index in [-0.39, 0.29) is 6.17 Å². The van der Waals surface area contributed by atoms with Gasteiger partial charge in [0.05, 0.1) is 0 Å². The molecule has 0 bridgehead atoms. The van der Waals surface area contributed by atoms with E-state index in [2.05, 4.69) is 133 Å². The predicted molar refractivity (Wildman–Crippen MR) is 196 cm³/mol. The number of nitrogens with one attached hydrogen (secondary N) is 1. The van der Waals surface area contributed by atoms with Crippen molar-refractivity contribution in [2.45, 2.75) is 6.17 Å². The molecule has 0 saturated heterocycles. The number of nitrogens with zero attached hydrogens (tertiary/aromatic N) is 2. The number of hydrogen-bond donors (Lipinski definition) is 1. The lowest BCUT2D eigenvalue weighted by Crippen LogP contribution is -2.33. The van der Waals surface area contributed by atoms with E-state index >= 15 is 0 Å². The van der Waals surface area contributed by atoms with Gasteiger partial charge in [-0.2, -0.15) is 0 Å². The Balaban J connectivity index is 1.20. The zero-order valence-electron chi connectivity index (χ0n) is 25.3. The molecule has 1 aliphatic heterocycles. The van der Waals surface area contributed by atoms with Gasteiger partial charge in [0.2, 0.25) is 0 Å². The van der Waals surface area contributed by atoms with Crippen molar-refractivity contribution in [2.24, 2.45) is 9.98 Å². The van der Waals surface area contributed by atoms with E-state index in [1.807, 2.05) is 24.3 Å². The molecule has 4 nitrogen and oxygen atoms in total. The maximum absolute atomic E-state index is 6.27. The number of fused-ring (bicyclic) bond motifs is 9. The number of amidine groups is 2. The van der Waals surface area contributed by atoms with E-state index in [0.717, 1.165) is 44.5 Å². The van der Waals surface area contributed by atoms with Crippen molar-refractivity contribution in [2.75, 3.05) is 0 Å². The van der Waals surface area contributed by atoms with Gasteiger partial charge < -0.3 is 9.73 Å². The maximum atomic E-state index is 6.27. The summed E-state index contributed by atoms with van der Waals surface area (Å²) in [5.74, 6) is 1.47. The summed E-state index contributed by atoms with van der Waals surface area (Å²) < 4.78 is 6.27. The molecule has 0 spiro atoms. The largest absolute Gasteiger partial charge is 0.456 e. The van der Waals surface area contributed by atoms with Crippen molar-refractivity contribution >= 4 is 76.7 Å². The van der Waals surface area contributed by atoms with Crippen molar-refractivity contribution in [3.63, 3.8) is 0 Å². The summed E-state index contributed by atoms with van der Waals surface area (Å²) in [6.45, 7) is 0. The zero-order chi connectivity index (χ0) is 30.9. The minimum atomic E-state index is -0.350. The second kappa shape index (κ2) is 10.1. The summed E-state index contributed by atoms with van der Waals surface area (Å²) in [6, 6.07) is 53.5. The first-order valence-corrected chi connectivity index (χ1v) is 15.9. The van der Waals surface area contributed by atoms with Crippen LogP contribution in [0.1, 0.15) is 22.9 Å². The third kappa shape index (κ3) is 4.15. The fourth-order valence-electron chi connectivity index (χ4n) is 7.19. The fraction of sp³-hybridized carbons (Fsp3) is 0.0233. The van der Waals surface area contributed by atoms with Crippen LogP contribution in [0.15, 0.2) is 166 Å². The van der Waals surface area contributed by atoms with Crippen molar-refractivity contribution in [1.29, 1.82) is 0 Å². The van der Waals surface area contributed by atoms with Crippen LogP contribution in [0.2, 0.25) is 0 Å². The Hall–Kier alpha value is -6.26. The molecule has 1 aliphatic rings. The molecule has 0 saturated carbocycles. The molecule has 0 aliphatic carbocycles. The normalized spacial score (nSPS) is 15.0. The lowest BCUT2D eigenvalue weighted by Gasteiger charge is -2.24. The first-order valence-electron chi connectivity index (χ1n) is 15.9. The van der Waals surface area contributed by atoms with Gasteiger partial charge in [0, 0.05) is 21.9 Å². The molecule has 1 aromatic heterocycles. The van der Waals surface area contributed by atoms with Gasteiger partial charge in [0.25, 0.3) is 0 Å². The van der Waals surface area contributed by atoms with Crippen LogP contribution in [0, 0.1) is 0 Å². The molecule has 1 N–H and O–H groups in total. The number of benzene rings is 8. The van der Waals surface area contributed by atoms with Crippen LogP contribution in [-0.4, -0.2) is 11.7 Å². The molecular weight excluding hydrogens is 574 g/mol. The molecule has 4 heteroatoms. The van der Waals surface area contributed by atoms with Crippen LogP contribution in [0.5, 0.6) is 0 Å². The third-order valence-electron chi connectivity index (χ3n) is 9.49. The second-order valence-electron chi connectivity index (χ2n) is 12.2. The lowest BCUT2D eigenvalue weighted by atomic mass is 9.98. The van der Waals surface area contributed by atoms with Crippen LogP contribution in [-0.2, 0) is 0 Å². The van der Waals surface area contributed by atoms with E-state index in [0.29, 0.717) is 5.84 Å². The highest BCUT2D eigenvalue weighted by Gasteiger charge is 2.24. The van der Waals surface area contributed by atoms with Gasteiger partial charge in [0.1, 0.15) is 23.2 Å². The highest BCUT2D eigenvalue weighted by atomic mass is 16.3. The van der Waals surface area contributed by atoms with E-state index < -0.39 is 0 Å². The molecule has 9 aromatic rings. The zero-order valence-corrected chi connectivity index (χ0v) is 25.3. The van der Waals surface area contributed by atoms with Gasteiger partial charge >= 0.3 is 0 Å². The molecule has 1 unspecified atom stereocenters.